The standard InChI is InChI=1S/C11H15O3.BrH.Mg/c1-12-8-5-9-14-11-7-4-3-6-10(11)13-2;;/h3,6-7H,5,8-9H2,1-2H3;1H;/q-1;;+2/p-1. The minimum absolute atomic E-state index is 0. The second-order valence-electron chi connectivity index (χ2n) is 2.77. The summed E-state index contributed by atoms with van der Waals surface area (Å²) in [5.41, 5.74) is 0. The van der Waals surface area contributed by atoms with Crippen molar-refractivity contribution in [2.45, 2.75) is 6.42 Å². The van der Waals surface area contributed by atoms with Gasteiger partial charge in [-0.3, -0.25) is 0 Å². The van der Waals surface area contributed by atoms with Crippen LogP contribution in [0.25, 0.3) is 0 Å². The number of hydrogen-bond acceptors (Lipinski definition) is 3. The van der Waals surface area contributed by atoms with Crippen LogP contribution in [0.2, 0.25) is 0 Å². The van der Waals surface area contributed by atoms with Gasteiger partial charge in [-0.2, -0.15) is 12.1 Å². The van der Waals surface area contributed by atoms with E-state index in [4.69, 9.17) is 14.2 Å². The van der Waals surface area contributed by atoms with Gasteiger partial charge < -0.3 is 31.2 Å². The van der Waals surface area contributed by atoms with Crippen molar-refractivity contribution >= 4 is 23.1 Å². The van der Waals surface area contributed by atoms with E-state index in [0.717, 1.165) is 17.9 Å². The minimum atomic E-state index is 0. The summed E-state index contributed by atoms with van der Waals surface area (Å²) in [6, 6.07) is 8.33. The van der Waals surface area contributed by atoms with Gasteiger partial charge in [-0.1, -0.05) is 0 Å². The summed E-state index contributed by atoms with van der Waals surface area (Å²) < 4.78 is 15.5. The van der Waals surface area contributed by atoms with Gasteiger partial charge in [0.05, 0.1) is 19.5 Å². The summed E-state index contributed by atoms with van der Waals surface area (Å²) in [6.45, 7) is 1.33. The van der Waals surface area contributed by atoms with E-state index in [1.165, 1.54) is 0 Å². The number of benzene rings is 1. The first kappa shape index (κ1) is 18.4. The molecule has 0 aliphatic rings. The Morgan fingerprint density at radius 2 is 1.94 bits per heavy atom. The molecule has 3 nitrogen and oxygen atoms in total. The van der Waals surface area contributed by atoms with Gasteiger partial charge in [0, 0.05) is 25.9 Å². The molecule has 0 saturated carbocycles. The van der Waals surface area contributed by atoms with Crippen LogP contribution in [0, 0.1) is 6.07 Å². The molecule has 0 atom stereocenters. The number of ether oxygens (including phenoxy) is 3. The molecular weight excluding hydrogens is 284 g/mol. The predicted octanol–water partition coefficient (Wildman–Crippen LogP) is -1.47. The molecule has 0 saturated heterocycles. The predicted molar refractivity (Wildman–Crippen MR) is 59.6 cm³/mol. The first-order valence-electron chi connectivity index (χ1n) is 4.54. The molecule has 0 aliphatic carbocycles. The van der Waals surface area contributed by atoms with Crippen LogP contribution in [0.1, 0.15) is 6.42 Å². The Labute approximate surface area is 123 Å². The molecule has 0 unspecified atom stereocenters. The zero-order valence-corrected chi connectivity index (χ0v) is 12.7. The Morgan fingerprint density at radius 1 is 1.19 bits per heavy atom. The van der Waals surface area contributed by atoms with Gasteiger partial charge in [0.1, 0.15) is 0 Å². The number of rotatable bonds is 6. The Morgan fingerprint density at radius 3 is 2.56 bits per heavy atom. The van der Waals surface area contributed by atoms with Crippen molar-refractivity contribution in [1.29, 1.82) is 0 Å². The molecule has 0 bridgehead atoms. The van der Waals surface area contributed by atoms with Gasteiger partial charge in [0.15, 0.2) is 0 Å². The van der Waals surface area contributed by atoms with E-state index in [1.54, 1.807) is 26.4 Å². The SMILES string of the molecule is COCCCOc1c[c-]ccc1OC.[Br-].[Mg+2]. The van der Waals surface area contributed by atoms with Gasteiger partial charge in [-0.05, 0) is 0 Å². The fraction of sp³-hybridized carbons (Fsp3) is 0.455. The van der Waals surface area contributed by atoms with Gasteiger partial charge >= 0.3 is 23.1 Å². The smallest absolute Gasteiger partial charge is 1.00 e. The summed E-state index contributed by atoms with van der Waals surface area (Å²) in [7, 11) is 3.30. The fourth-order valence-electron chi connectivity index (χ4n) is 1.07. The van der Waals surface area contributed by atoms with Crippen LogP contribution < -0.4 is 26.5 Å². The average molecular weight is 299 g/mol. The van der Waals surface area contributed by atoms with Gasteiger partial charge in [-0.15, -0.1) is 12.1 Å². The van der Waals surface area contributed by atoms with Crippen LogP contribution in [0.4, 0.5) is 0 Å². The molecule has 16 heavy (non-hydrogen) atoms. The Bertz CT molecular complexity index is 271. The first-order chi connectivity index (χ1) is 6.88. The molecule has 86 valence electrons. The van der Waals surface area contributed by atoms with E-state index < -0.39 is 0 Å². The summed E-state index contributed by atoms with van der Waals surface area (Å²) in [4.78, 5) is 0. The van der Waals surface area contributed by atoms with E-state index in [9.17, 15) is 0 Å². The molecule has 0 N–H and O–H groups in total. The molecule has 1 rings (SSSR count). The molecule has 0 amide bonds. The van der Waals surface area contributed by atoms with Crippen molar-refractivity contribution in [2.75, 3.05) is 27.4 Å². The maximum absolute atomic E-state index is 5.49. The van der Waals surface area contributed by atoms with Crippen molar-refractivity contribution in [3.8, 4) is 11.5 Å². The van der Waals surface area contributed by atoms with Crippen molar-refractivity contribution in [3.05, 3.63) is 24.3 Å². The quantitative estimate of drug-likeness (QED) is 0.365. The molecule has 1 aromatic carbocycles. The summed E-state index contributed by atoms with van der Waals surface area (Å²) in [5, 5.41) is 0. The first-order valence-corrected chi connectivity index (χ1v) is 4.54. The third-order valence-electron chi connectivity index (χ3n) is 1.76. The topological polar surface area (TPSA) is 27.7 Å². The zero-order valence-electron chi connectivity index (χ0n) is 9.66. The Balaban J connectivity index is 0. The molecule has 1 aromatic rings. The maximum atomic E-state index is 5.49. The van der Waals surface area contributed by atoms with Gasteiger partial charge in [-0.25, -0.2) is 0 Å². The zero-order chi connectivity index (χ0) is 10.2. The van der Waals surface area contributed by atoms with Crippen LogP contribution in [-0.2, 0) is 4.74 Å². The molecule has 5 heteroatoms. The van der Waals surface area contributed by atoms with E-state index in [2.05, 4.69) is 6.07 Å². The molecular formula is C11H15BrMgO3. The van der Waals surface area contributed by atoms with Crippen molar-refractivity contribution in [3.63, 3.8) is 0 Å². The molecule has 0 radical (unpaired) electrons. The van der Waals surface area contributed by atoms with E-state index in [0.29, 0.717) is 13.2 Å². The summed E-state index contributed by atoms with van der Waals surface area (Å²) >= 11 is 0. The number of methoxy groups -OCH3 is 2. The number of hydrogen-bond donors (Lipinski definition) is 0. The summed E-state index contributed by atoms with van der Waals surface area (Å²) in [5.74, 6) is 1.47. The van der Waals surface area contributed by atoms with Crippen LogP contribution >= 0.6 is 0 Å². The fourth-order valence-corrected chi connectivity index (χ4v) is 1.07. The van der Waals surface area contributed by atoms with E-state index in [-0.39, 0.29) is 40.0 Å². The monoisotopic (exact) mass is 298 g/mol. The maximum Gasteiger partial charge on any atom is 2.00 e. The van der Waals surface area contributed by atoms with Crippen LogP contribution in [0.15, 0.2) is 18.2 Å². The Hall–Kier alpha value is 0.0262. The third kappa shape index (κ3) is 6.57. The number of halogens is 1. The van der Waals surface area contributed by atoms with Gasteiger partial charge in [0.25, 0.3) is 0 Å². The third-order valence-corrected chi connectivity index (χ3v) is 1.76. The second kappa shape index (κ2) is 11.5. The molecule has 0 spiro atoms. The van der Waals surface area contributed by atoms with Crippen molar-refractivity contribution < 1.29 is 31.2 Å². The largest absolute Gasteiger partial charge is 2.00 e. The average Bonchev–Trinajstić information content (AvgIpc) is 2.25. The van der Waals surface area contributed by atoms with Crippen LogP contribution in [0.3, 0.4) is 0 Å². The van der Waals surface area contributed by atoms with Crippen molar-refractivity contribution in [2.24, 2.45) is 0 Å². The molecule has 0 fully saturated rings. The molecule has 0 aromatic heterocycles. The van der Waals surface area contributed by atoms with Crippen LogP contribution in [-0.4, -0.2) is 50.5 Å². The van der Waals surface area contributed by atoms with E-state index >= 15 is 0 Å². The normalized spacial score (nSPS) is 8.62. The summed E-state index contributed by atoms with van der Waals surface area (Å²) in [6.07, 6.45) is 0.870. The second-order valence-corrected chi connectivity index (χ2v) is 2.77. The Kier molecular flexibility index (Phi) is 13.2. The molecule has 0 heterocycles. The van der Waals surface area contributed by atoms with Crippen molar-refractivity contribution in [1.82, 2.24) is 0 Å². The minimum Gasteiger partial charge on any atom is -1.00 e. The van der Waals surface area contributed by atoms with Gasteiger partial charge in [0.2, 0.25) is 0 Å². The van der Waals surface area contributed by atoms with E-state index in [1.807, 2.05) is 6.07 Å². The molecule has 0 aliphatic heterocycles. The van der Waals surface area contributed by atoms with Crippen LogP contribution in [0.5, 0.6) is 11.5 Å².